The summed E-state index contributed by atoms with van der Waals surface area (Å²) in [6.07, 6.45) is 2.10. The predicted octanol–water partition coefficient (Wildman–Crippen LogP) is 2.46. The number of rotatable bonds is 7. The largest absolute Gasteiger partial charge is 0.479 e. The van der Waals surface area contributed by atoms with E-state index in [9.17, 15) is 15.0 Å². The Kier molecular flexibility index (Phi) is 5.53. The maximum absolute atomic E-state index is 12.1. The summed E-state index contributed by atoms with van der Waals surface area (Å²) in [5.74, 6) is -1.27. The van der Waals surface area contributed by atoms with Crippen LogP contribution in [0.3, 0.4) is 0 Å². The minimum Gasteiger partial charge on any atom is -0.479 e. The van der Waals surface area contributed by atoms with Crippen LogP contribution in [0.5, 0.6) is 0 Å². The predicted molar refractivity (Wildman–Crippen MR) is 90.3 cm³/mol. The summed E-state index contributed by atoms with van der Waals surface area (Å²) < 4.78 is 0. The first-order valence-electron chi connectivity index (χ1n) is 7.88. The van der Waals surface area contributed by atoms with Gasteiger partial charge in [0.2, 0.25) is 5.60 Å². The Labute approximate surface area is 136 Å². The van der Waals surface area contributed by atoms with E-state index in [4.69, 9.17) is 5.73 Å². The van der Waals surface area contributed by atoms with Gasteiger partial charge in [0.05, 0.1) is 0 Å². The maximum Gasteiger partial charge on any atom is 0.345 e. The van der Waals surface area contributed by atoms with E-state index < -0.39 is 11.6 Å². The van der Waals surface area contributed by atoms with Crippen LogP contribution in [0.1, 0.15) is 35.6 Å². The summed E-state index contributed by atoms with van der Waals surface area (Å²) >= 11 is 0. The summed E-state index contributed by atoms with van der Waals surface area (Å²) in [5, 5.41) is 21.0. The van der Waals surface area contributed by atoms with Gasteiger partial charge in [0.1, 0.15) is 0 Å². The van der Waals surface area contributed by atoms with Crippen molar-refractivity contribution in [2.75, 3.05) is 6.54 Å². The zero-order chi connectivity index (χ0) is 16.9. The number of hydrogen-bond acceptors (Lipinski definition) is 3. The van der Waals surface area contributed by atoms with Gasteiger partial charge in [0.25, 0.3) is 0 Å². The van der Waals surface area contributed by atoms with Crippen molar-refractivity contribution in [2.45, 2.75) is 31.8 Å². The molecule has 0 aliphatic rings. The van der Waals surface area contributed by atoms with Gasteiger partial charge in [-0.1, -0.05) is 61.9 Å². The van der Waals surface area contributed by atoms with Crippen LogP contribution in [-0.2, 0) is 23.2 Å². The molecule has 0 amide bonds. The van der Waals surface area contributed by atoms with Gasteiger partial charge in [-0.05, 0) is 30.5 Å². The Morgan fingerprint density at radius 1 is 1.00 bits per heavy atom. The van der Waals surface area contributed by atoms with Crippen molar-refractivity contribution in [3.05, 3.63) is 70.8 Å². The Balaban J connectivity index is 2.69. The molecule has 1 atom stereocenters. The zero-order valence-electron chi connectivity index (χ0n) is 13.3. The highest BCUT2D eigenvalue weighted by atomic mass is 16.4. The molecule has 4 nitrogen and oxygen atoms in total. The maximum atomic E-state index is 12.1. The number of hydrogen-bond donors (Lipinski definition) is 3. The Morgan fingerprint density at radius 2 is 1.48 bits per heavy atom. The summed E-state index contributed by atoms with van der Waals surface area (Å²) in [6.45, 7) is 2.42. The van der Waals surface area contributed by atoms with Crippen molar-refractivity contribution in [3.63, 3.8) is 0 Å². The van der Waals surface area contributed by atoms with E-state index in [1.807, 2.05) is 31.2 Å². The summed E-state index contributed by atoms with van der Waals surface area (Å²) in [4.78, 5) is 12.1. The molecule has 2 aromatic rings. The van der Waals surface area contributed by atoms with Crippen molar-refractivity contribution in [2.24, 2.45) is 5.73 Å². The van der Waals surface area contributed by atoms with Crippen molar-refractivity contribution >= 4 is 5.97 Å². The Bertz CT molecular complexity index is 632. The van der Waals surface area contributed by atoms with Gasteiger partial charge in [-0.2, -0.15) is 0 Å². The zero-order valence-corrected chi connectivity index (χ0v) is 13.3. The van der Waals surface area contributed by atoms with Gasteiger partial charge in [0.15, 0.2) is 0 Å². The molecule has 23 heavy (non-hydrogen) atoms. The molecular formula is C19H23NO3. The molecule has 4 heteroatoms. The number of carbonyl (C=O) groups is 1. The number of nitrogens with two attached hydrogens (primary N) is 1. The number of carboxylic acids is 1. The average molecular weight is 313 g/mol. The van der Waals surface area contributed by atoms with Crippen LogP contribution < -0.4 is 5.73 Å². The van der Waals surface area contributed by atoms with Crippen LogP contribution in [-0.4, -0.2) is 22.7 Å². The molecule has 0 spiro atoms. The van der Waals surface area contributed by atoms with Crippen molar-refractivity contribution in [1.29, 1.82) is 0 Å². The van der Waals surface area contributed by atoms with Crippen LogP contribution >= 0.6 is 0 Å². The molecule has 0 radical (unpaired) electrons. The molecule has 0 aromatic heterocycles. The number of benzene rings is 2. The molecule has 2 aromatic carbocycles. The molecule has 0 aliphatic carbocycles. The topological polar surface area (TPSA) is 83.5 Å². The quantitative estimate of drug-likeness (QED) is 0.733. The molecular weight excluding hydrogens is 290 g/mol. The van der Waals surface area contributed by atoms with Crippen LogP contribution in [0.4, 0.5) is 0 Å². The second-order valence-electron chi connectivity index (χ2n) is 5.62. The molecule has 0 fully saturated rings. The van der Waals surface area contributed by atoms with Crippen LogP contribution in [0.15, 0.2) is 48.5 Å². The lowest BCUT2D eigenvalue weighted by molar-refractivity contribution is -0.155. The fourth-order valence-electron chi connectivity index (χ4n) is 2.98. The van der Waals surface area contributed by atoms with E-state index in [0.29, 0.717) is 30.5 Å². The molecule has 122 valence electrons. The average Bonchev–Trinajstić information content (AvgIpc) is 2.55. The second-order valence-corrected chi connectivity index (χ2v) is 5.62. The highest BCUT2D eigenvalue weighted by Crippen LogP contribution is 2.35. The SMILES string of the molecule is CCCc1ccccc1C(O)(C(=O)O)c1ccccc1CCN. The van der Waals surface area contributed by atoms with Gasteiger partial charge in [-0.3, -0.25) is 0 Å². The normalized spacial score (nSPS) is 13.5. The third kappa shape index (κ3) is 3.28. The number of aryl methyl sites for hydroxylation is 1. The lowest BCUT2D eigenvalue weighted by atomic mass is 9.80. The van der Waals surface area contributed by atoms with Crippen LogP contribution in [0, 0.1) is 0 Å². The first kappa shape index (κ1) is 17.2. The highest BCUT2D eigenvalue weighted by molar-refractivity contribution is 5.84. The lowest BCUT2D eigenvalue weighted by Crippen LogP contribution is -2.39. The van der Waals surface area contributed by atoms with Gasteiger partial charge in [-0.15, -0.1) is 0 Å². The minimum absolute atomic E-state index is 0.390. The first-order chi connectivity index (χ1) is 11.1. The highest BCUT2D eigenvalue weighted by Gasteiger charge is 2.42. The van der Waals surface area contributed by atoms with E-state index in [1.165, 1.54) is 0 Å². The number of aliphatic hydroxyl groups is 1. The standard InChI is InChI=1S/C19H23NO3/c1-2-7-14-8-3-5-10-16(14)19(23,18(21)22)17-11-6-4-9-15(17)12-13-20/h3-6,8-11,23H,2,7,12-13,20H2,1H3,(H,21,22). The van der Waals surface area contributed by atoms with E-state index in [-0.39, 0.29) is 0 Å². The third-order valence-electron chi connectivity index (χ3n) is 4.06. The third-order valence-corrected chi connectivity index (χ3v) is 4.06. The number of carboxylic acid groups (broad SMARTS) is 1. The summed E-state index contributed by atoms with van der Waals surface area (Å²) in [6, 6.07) is 14.2. The van der Waals surface area contributed by atoms with Crippen molar-refractivity contribution < 1.29 is 15.0 Å². The van der Waals surface area contributed by atoms with Gasteiger partial charge >= 0.3 is 5.97 Å². The molecule has 1 unspecified atom stereocenters. The van der Waals surface area contributed by atoms with Crippen LogP contribution in [0.25, 0.3) is 0 Å². The Morgan fingerprint density at radius 3 is 1.91 bits per heavy atom. The van der Waals surface area contributed by atoms with E-state index in [1.54, 1.807) is 24.3 Å². The van der Waals surface area contributed by atoms with E-state index >= 15 is 0 Å². The van der Waals surface area contributed by atoms with Crippen molar-refractivity contribution in [3.8, 4) is 0 Å². The molecule has 0 heterocycles. The molecule has 4 N–H and O–H groups in total. The Hall–Kier alpha value is -2.17. The molecule has 0 bridgehead atoms. The molecule has 0 aliphatic heterocycles. The minimum atomic E-state index is -2.07. The van der Waals surface area contributed by atoms with Crippen molar-refractivity contribution in [1.82, 2.24) is 0 Å². The van der Waals surface area contributed by atoms with E-state index in [0.717, 1.165) is 17.5 Å². The monoisotopic (exact) mass is 313 g/mol. The molecule has 2 rings (SSSR count). The van der Waals surface area contributed by atoms with Gasteiger partial charge in [-0.25, -0.2) is 4.79 Å². The smallest absolute Gasteiger partial charge is 0.345 e. The molecule has 0 saturated heterocycles. The summed E-state index contributed by atoms with van der Waals surface area (Å²) in [5.41, 5.74) is 5.99. The second kappa shape index (κ2) is 7.40. The fourth-order valence-corrected chi connectivity index (χ4v) is 2.98. The first-order valence-corrected chi connectivity index (χ1v) is 7.88. The molecule has 0 saturated carbocycles. The number of aliphatic carboxylic acids is 1. The fraction of sp³-hybridized carbons (Fsp3) is 0.316. The van der Waals surface area contributed by atoms with Gasteiger partial charge in [0, 0.05) is 11.1 Å². The van der Waals surface area contributed by atoms with E-state index in [2.05, 4.69) is 0 Å². The summed E-state index contributed by atoms with van der Waals surface area (Å²) in [7, 11) is 0. The van der Waals surface area contributed by atoms with Gasteiger partial charge < -0.3 is 15.9 Å². The lowest BCUT2D eigenvalue weighted by Gasteiger charge is -2.29. The van der Waals surface area contributed by atoms with Crippen LogP contribution in [0.2, 0.25) is 0 Å².